The van der Waals surface area contributed by atoms with Gasteiger partial charge in [-0.2, -0.15) is 0 Å². The van der Waals surface area contributed by atoms with Gasteiger partial charge < -0.3 is 14.2 Å². The van der Waals surface area contributed by atoms with E-state index in [9.17, 15) is 4.79 Å². The third-order valence-corrected chi connectivity index (χ3v) is 5.97. The molecule has 0 amide bonds. The highest BCUT2D eigenvalue weighted by molar-refractivity contribution is 9.10. The van der Waals surface area contributed by atoms with Crippen LogP contribution >= 0.6 is 27.5 Å². The smallest absolute Gasteiger partial charge is 0.320 e. The molecule has 3 rings (SSSR count). The standard InChI is InChI=1S/C21H23BrClNO4/c1-3-26-20(25)12-24(2)18-9-10-27-19-11-15(7-8-16(18)19)28-13-14-5-4-6-17(22)21(14)23/h4-8,11,18H,3,9-10,12-13H2,1-2H3. The summed E-state index contributed by atoms with van der Waals surface area (Å²) in [6.07, 6.45) is 0.816. The fourth-order valence-electron chi connectivity index (χ4n) is 3.24. The van der Waals surface area contributed by atoms with Crippen LogP contribution in [0.3, 0.4) is 0 Å². The lowest BCUT2D eigenvalue weighted by Crippen LogP contribution is -2.34. The molecular formula is C21H23BrClNO4. The second kappa shape index (κ2) is 9.63. The van der Waals surface area contributed by atoms with Crippen molar-refractivity contribution in [1.82, 2.24) is 4.90 Å². The average Bonchev–Trinajstić information content (AvgIpc) is 2.68. The monoisotopic (exact) mass is 467 g/mol. The van der Waals surface area contributed by atoms with Crippen molar-refractivity contribution in [3.63, 3.8) is 0 Å². The van der Waals surface area contributed by atoms with Gasteiger partial charge in [-0.3, -0.25) is 9.69 Å². The number of halogens is 2. The van der Waals surface area contributed by atoms with Crippen molar-refractivity contribution in [2.45, 2.75) is 26.0 Å². The van der Waals surface area contributed by atoms with Crippen LogP contribution in [0.5, 0.6) is 11.5 Å². The Balaban J connectivity index is 1.70. The highest BCUT2D eigenvalue weighted by Gasteiger charge is 2.27. The molecule has 2 aromatic rings. The van der Waals surface area contributed by atoms with Gasteiger partial charge in [-0.15, -0.1) is 0 Å². The van der Waals surface area contributed by atoms with Gasteiger partial charge in [0.2, 0.25) is 0 Å². The average molecular weight is 469 g/mol. The van der Waals surface area contributed by atoms with E-state index >= 15 is 0 Å². The van der Waals surface area contributed by atoms with E-state index in [1.54, 1.807) is 0 Å². The zero-order valence-electron chi connectivity index (χ0n) is 15.9. The molecule has 0 aliphatic carbocycles. The molecule has 0 fully saturated rings. The number of hydrogen-bond acceptors (Lipinski definition) is 5. The topological polar surface area (TPSA) is 48.0 Å². The van der Waals surface area contributed by atoms with Crippen molar-refractivity contribution in [2.24, 2.45) is 0 Å². The number of rotatable bonds is 7. The molecular weight excluding hydrogens is 446 g/mol. The van der Waals surface area contributed by atoms with E-state index in [4.69, 9.17) is 25.8 Å². The predicted octanol–water partition coefficient (Wildman–Crippen LogP) is 5.00. The molecule has 1 heterocycles. The van der Waals surface area contributed by atoms with E-state index in [1.165, 1.54) is 0 Å². The van der Waals surface area contributed by atoms with Gasteiger partial charge in [0.05, 0.1) is 24.8 Å². The van der Waals surface area contributed by atoms with Gasteiger partial charge >= 0.3 is 5.97 Å². The Labute approximate surface area is 178 Å². The number of hydrogen-bond donors (Lipinski definition) is 0. The maximum absolute atomic E-state index is 11.8. The maximum atomic E-state index is 11.8. The SMILES string of the molecule is CCOC(=O)CN(C)C1CCOc2cc(OCc3cccc(Br)c3Cl)ccc21. The molecule has 0 radical (unpaired) electrons. The van der Waals surface area contributed by atoms with Gasteiger partial charge in [-0.25, -0.2) is 0 Å². The van der Waals surface area contributed by atoms with Crippen LogP contribution in [0, 0.1) is 0 Å². The summed E-state index contributed by atoms with van der Waals surface area (Å²) in [6.45, 7) is 3.40. The van der Waals surface area contributed by atoms with Gasteiger partial charge in [-0.1, -0.05) is 29.8 Å². The molecule has 0 spiro atoms. The summed E-state index contributed by atoms with van der Waals surface area (Å²) in [5.74, 6) is 1.28. The van der Waals surface area contributed by atoms with Crippen LogP contribution in [-0.2, 0) is 16.1 Å². The Kier molecular flexibility index (Phi) is 7.21. The van der Waals surface area contributed by atoms with Crippen molar-refractivity contribution in [3.8, 4) is 11.5 Å². The fourth-order valence-corrected chi connectivity index (χ4v) is 3.83. The highest BCUT2D eigenvalue weighted by atomic mass is 79.9. The van der Waals surface area contributed by atoms with Crippen molar-refractivity contribution in [1.29, 1.82) is 0 Å². The van der Waals surface area contributed by atoms with Crippen molar-refractivity contribution >= 4 is 33.5 Å². The minimum atomic E-state index is -0.219. The number of carbonyl (C=O) groups excluding carboxylic acids is 1. The van der Waals surface area contributed by atoms with E-state index in [0.717, 1.165) is 27.8 Å². The van der Waals surface area contributed by atoms with Crippen LogP contribution in [-0.4, -0.2) is 37.7 Å². The molecule has 0 bridgehead atoms. The minimum Gasteiger partial charge on any atom is -0.493 e. The number of nitrogens with zero attached hydrogens (tertiary/aromatic N) is 1. The summed E-state index contributed by atoms with van der Waals surface area (Å²) in [6, 6.07) is 11.7. The van der Waals surface area contributed by atoms with Gasteiger partial charge in [0.25, 0.3) is 0 Å². The molecule has 28 heavy (non-hydrogen) atoms. The van der Waals surface area contributed by atoms with Crippen LogP contribution in [0.1, 0.15) is 30.5 Å². The molecule has 1 aliphatic heterocycles. The largest absolute Gasteiger partial charge is 0.493 e. The summed E-state index contributed by atoms with van der Waals surface area (Å²) in [7, 11) is 1.93. The molecule has 1 unspecified atom stereocenters. The van der Waals surface area contributed by atoms with E-state index in [2.05, 4.69) is 15.9 Å². The van der Waals surface area contributed by atoms with Crippen LogP contribution in [0.15, 0.2) is 40.9 Å². The third-order valence-electron chi connectivity index (χ3n) is 4.63. The summed E-state index contributed by atoms with van der Waals surface area (Å²) in [5.41, 5.74) is 1.95. The van der Waals surface area contributed by atoms with Gasteiger partial charge in [-0.05, 0) is 42.0 Å². The number of benzene rings is 2. The first-order chi connectivity index (χ1) is 13.5. The fraction of sp³-hybridized carbons (Fsp3) is 0.381. The number of ether oxygens (including phenoxy) is 3. The predicted molar refractivity (Wildman–Crippen MR) is 112 cm³/mol. The van der Waals surface area contributed by atoms with Crippen LogP contribution < -0.4 is 9.47 Å². The number of carbonyl (C=O) groups is 1. The first-order valence-corrected chi connectivity index (χ1v) is 10.3. The summed E-state index contributed by atoms with van der Waals surface area (Å²) in [5, 5.41) is 0.650. The van der Waals surface area contributed by atoms with E-state index < -0.39 is 0 Å². The number of esters is 1. The molecule has 5 nitrogen and oxygen atoms in total. The quantitative estimate of drug-likeness (QED) is 0.535. The molecule has 150 valence electrons. The molecule has 0 aromatic heterocycles. The maximum Gasteiger partial charge on any atom is 0.320 e. The van der Waals surface area contributed by atoms with Gasteiger partial charge in [0.1, 0.15) is 18.1 Å². The lowest BCUT2D eigenvalue weighted by molar-refractivity contribution is -0.144. The van der Waals surface area contributed by atoms with Crippen molar-refractivity contribution < 1.29 is 19.0 Å². The van der Waals surface area contributed by atoms with Crippen molar-refractivity contribution in [2.75, 3.05) is 26.8 Å². The van der Waals surface area contributed by atoms with E-state index in [-0.39, 0.29) is 18.6 Å². The first-order valence-electron chi connectivity index (χ1n) is 9.18. The van der Waals surface area contributed by atoms with Gasteiger partial charge in [0, 0.05) is 34.1 Å². The molecule has 0 saturated carbocycles. The lowest BCUT2D eigenvalue weighted by Gasteiger charge is -2.32. The molecule has 1 atom stereocenters. The highest BCUT2D eigenvalue weighted by Crippen LogP contribution is 2.38. The molecule has 0 N–H and O–H groups in total. The Morgan fingerprint density at radius 3 is 2.96 bits per heavy atom. The summed E-state index contributed by atoms with van der Waals surface area (Å²) < 4.78 is 17.6. The van der Waals surface area contributed by atoms with Crippen LogP contribution in [0.2, 0.25) is 5.02 Å². The molecule has 2 aromatic carbocycles. The Morgan fingerprint density at radius 2 is 2.18 bits per heavy atom. The van der Waals surface area contributed by atoms with E-state index in [0.29, 0.717) is 30.6 Å². The normalized spacial score (nSPS) is 15.7. The minimum absolute atomic E-state index is 0.0988. The summed E-state index contributed by atoms with van der Waals surface area (Å²) in [4.78, 5) is 13.8. The Bertz CT molecular complexity index is 845. The lowest BCUT2D eigenvalue weighted by atomic mass is 9.99. The number of fused-ring (bicyclic) bond motifs is 1. The van der Waals surface area contributed by atoms with Crippen LogP contribution in [0.25, 0.3) is 0 Å². The second-order valence-corrected chi connectivity index (χ2v) is 7.81. The Morgan fingerprint density at radius 1 is 1.36 bits per heavy atom. The molecule has 7 heteroatoms. The Hall–Kier alpha value is -1.76. The second-order valence-electron chi connectivity index (χ2n) is 6.57. The van der Waals surface area contributed by atoms with Crippen LogP contribution in [0.4, 0.5) is 0 Å². The van der Waals surface area contributed by atoms with Gasteiger partial charge in [0.15, 0.2) is 0 Å². The zero-order chi connectivity index (χ0) is 20.1. The summed E-state index contributed by atoms with van der Waals surface area (Å²) >= 11 is 9.72. The first kappa shape index (κ1) is 21.0. The van der Waals surface area contributed by atoms with Crippen molar-refractivity contribution in [3.05, 3.63) is 57.0 Å². The third kappa shape index (κ3) is 4.99. The van der Waals surface area contributed by atoms with E-state index in [1.807, 2.05) is 55.3 Å². The molecule has 0 saturated heterocycles. The zero-order valence-corrected chi connectivity index (χ0v) is 18.3. The number of likely N-dealkylation sites (N-methyl/N-ethyl adjacent to an activating group) is 1. The molecule has 1 aliphatic rings.